The molecule has 4 heteroatoms. The van der Waals surface area contributed by atoms with Gasteiger partial charge in [0, 0.05) is 6.61 Å². The molecule has 0 rings (SSSR count). The average Bonchev–Trinajstić information content (AvgIpc) is 2.10. The predicted molar refractivity (Wildman–Crippen MR) is 61.7 cm³/mol. The summed E-state index contributed by atoms with van der Waals surface area (Å²) in [5.41, 5.74) is 0. The van der Waals surface area contributed by atoms with Gasteiger partial charge in [-0.05, 0) is 19.8 Å². The Balaban J connectivity index is 4.02. The van der Waals surface area contributed by atoms with Crippen LogP contribution in [0.1, 0.15) is 27.7 Å². The third-order valence-electron chi connectivity index (χ3n) is 2.01. The molecule has 0 saturated carbocycles. The van der Waals surface area contributed by atoms with Crippen molar-refractivity contribution in [1.29, 1.82) is 0 Å². The molecule has 1 amide bonds. The number of carbonyl (C=O) groups excluding carboxylic acids is 1. The van der Waals surface area contributed by atoms with E-state index in [0.29, 0.717) is 19.1 Å². The number of hydrogen-bond donors (Lipinski definition) is 2. The van der Waals surface area contributed by atoms with Gasteiger partial charge in [-0.15, -0.1) is 0 Å². The van der Waals surface area contributed by atoms with Crippen molar-refractivity contribution in [2.24, 2.45) is 5.92 Å². The topological polar surface area (TPSA) is 38.3 Å². The number of amides is 1. The maximum atomic E-state index is 11.4. The molecule has 2 unspecified atom stereocenters. The van der Waals surface area contributed by atoms with Gasteiger partial charge in [0.1, 0.15) is 0 Å². The Kier molecular flexibility index (Phi) is 7.01. The van der Waals surface area contributed by atoms with Gasteiger partial charge in [-0.25, -0.2) is 0 Å². The van der Waals surface area contributed by atoms with Gasteiger partial charge in [0.25, 0.3) is 0 Å². The molecular weight excluding hydrogens is 198 g/mol. The van der Waals surface area contributed by atoms with Crippen LogP contribution in [0.15, 0.2) is 0 Å². The van der Waals surface area contributed by atoms with E-state index in [2.05, 4.69) is 31.8 Å². The molecule has 0 aliphatic carbocycles. The van der Waals surface area contributed by atoms with Gasteiger partial charge < -0.3 is 10.1 Å². The van der Waals surface area contributed by atoms with E-state index in [0.717, 1.165) is 0 Å². The summed E-state index contributed by atoms with van der Waals surface area (Å²) < 4.78 is 5.30. The number of thiol groups is 1. The molecule has 0 spiro atoms. The summed E-state index contributed by atoms with van der Waals surface area (Å²) >= 11 is 4.07. The summed E-state index contributed by atoms with van der Waals surface area (Å²) in [4.78, 5) is 11.4. The van der Waals surface area contributed by atoms with Crippen LogP contribution in [-0.4, -0.2) is 30.4 Å². The summed E-state index contributed by atoms with van der Waals surface area (Å²) in [6, 6.07) is 0.0806. The lowest BCUT2D eigenvalue weighted by molar-refractivity contribution is -0.121. The zero-order valence-electron chi connectivity index (χ0n) is 9.41. The van der Waals surface area contributed by atoms with Gasteiger partial charge in [0.05, 0.1) is 17.9 Å². The Morgan fingerprint density at radius 2 is 2.00 bits per heavy atom. The summed E-state index contributed by atoms with van der Waals surface area (Å²) in [7, 11) is 0. The highest BCUT2D eigenvalue weighted by Gasteiger charge is 2.17. The van der Waals surface area contributed by atoms with E-state index in [1.54, 1.807) is 6.92 Å². The molecule has 0 saturated heterocycles. The Bertz CT molecular complexity index is 172. The fourth-order valence-electron chi connectivity index (χ4n) is 0.949. The Morgan fingerprint density at radius 3 is 2.36 bits per heavy atom. The van der Waals surface area contributed by atoms with Gasteiger partial charge in [0.2, 0.25) is 5.91 Å². The van der Waals surface area contributed by atoms with Crippen molar-refractivity contribution >= 4 is 18.5 Å². The summed E-state index contributed by atoms with van der Waals surface area (Å²) in [5, 5.41) is 2.64. The fourth-order valence-corrected chi connectivity index (χ4v) is 1.02. The average molecular weight is 219 g/mol. The number of hydrogen-bond acceptors (Lipinski definition) is 3. The first-order valence-corrected chi connectivity index (χ1v) is 5.56. The van der Waals surface area contributed by atoms with E-state index < -0.39 is 0 Å². The molecular formula is C10H21NO2S. The first-order chi connectivity index (χ1) is 6.49. The van der Waals surface area contributed by atoms with Gasteiger partial charge >= 0.3 is 0 Å². The molecule has 0 radical (unpaired) electrons. The third kappa shape index (κ3) is 5.50. The summed E-state index contributed by atoms with van der Waals surface area (Å²) in [6.45, 7) is 9.08. The van der Waals surface area contributed by atoms with E-state index in [1.807, 2.05) is 6.92 Å². The largest absolute Gasteiger partial charge is 0.380 e. The quantitative estimate of drug-likeness (QED) is 0.664. The summed E-state index contributed by atoms with van der Waals surface area (Å²) in [5.74, 6) is 0.337. The van der Waals surface area contributed by atoms with Crippen LogP contribution in [0, 0.1) is 5.92 Å². The lowest BCUT2D eigenvalue weighted by Crippen LogP contribution is -2.44. The fraction of sp³-hybridized carbons (Fsp3) is 0.900. The number of nitrogens with one attached hydrogen (secondary N) is 1. The number of carbonyl (C=O) groups is 1. The summed E-state index contributed by atoms with van der Waals surface area (Å²) in [6.07, 6.45) is 0. The Hall–Kier alpha value is -0.220. The van der Waals surface area contributed by atoms with Crippen molar-refractivity contribution in [3.63, 3.8) is 0 Å². The van der Waals surface area contributed by atoms with Crippen LogP contribution in [0.2, 0.25) is 0 Å². The molecule has 0 aromatic rings. The van der Waals surface area contributed by atoms with Gasteiger partial charge in [-0.2, -0.15) is 12.6 Å². The molecule has 1 N–H and O–H groups in total. The molecule has 14 heavy (non-hydrogen) atoms. The smallest absolute Gasteiger partial charge is 0.232 e. The van der Waals surface area contributed by atoms with Crippen molar-refractivity contribution in [1.82, 2.24) is 5.32 Å². The van der Waals surface area contributed by atoms with E-state index in [4.69, 9.17) is 4.74 Å². The lowest BCUT2D eigenvalue weighted by atomic mass is 10.1. The van der Waals surface area contributed by atoms with Crippen LogP contribution in [-0.2, 0) is 9.53 Å². The predicted octanol–water partition coefficient (Wildman–Crippen LogP) is 1.48. The van der Waals surface area contributed by atoms with E-state index in [-0.39, 0.29) is 17.2 Å². The zero-order valence-corrected chi connectivity index (χ0v) is 10.3. The molecule has 84 valence electrons. The van der Waals surface area contributed by atoms with Crippen molar-refractivity contribution in [3.05, 3.63) is 0 Å². The Morgan fingerprint density at radius 1 is 1.43 bits per heavy atom. The van der Waals surface area contributed by atoms with Crippen LogP contribution in [0.5, 0.6) is 0 Å². The van der Waals surface area contributed by atoms with Crippen molar-refractivity contribution in [2.45, 2.75) is 39.0 Å². The zero-order chi connectivity index (χ0) is 11.1. The molecule has 2 atom stereocenters. The van der Waals surface area contributed by atoms with Gasteiger partial charge in [-0.1, -0.05) is 13.8 Å². The van der Waals surface area contributed by atoms with Crippen LogP contribution < -0.4 is 5.32 Å². The monoisotopic (exact) mass is 219 g/mol. The Labute approximate surface area is 92.0 Å². The normalized spacial score (nSPS) is 15.3. The SMILES string of the molecule is CCOCC(NC(=O)C(C)S)C(C)C. The molecule has 0 aromatic carbocycles. The second-order valence-electron chi connectivity index (χ2n) is 3.69. The molecule has 0 heterocycles. The highest BCUT2D eigenvalue weighted by Crippen LogP contribution is 2.04. The van der Waals surface area contributed by atoms with Crippen LogP contribution >= 0.6 is 12.6 Å². The van der Waals surface area contributed by atoms with E-state index in [1.165, 1.54) is 0 Å². The van der Waals surface area contributed by atoms with Crippen molar-refractivity contribution in [2.75, 3.05) is 13.2 Å². The van der Waals surface area contributed by atoms with Crippen molar-refractivity contribution < 1.29 is 9.53 Å². The first-order valence-electron chi connectivity index (χ1n) is 5.05. The molecule has 0 bridgehead atoms. The molecule has 0 aliphatic rings. The molecule has 0 aromatic heterocycles. The van der Waals surface area contributed by atoms with Crippen molar-refractivity contribution in [3.8, 4) is 0 Å². The maximum Gasteiger partial charge on any atom is 0.232 e. The minimum absolute atomic E-state index is 0.0354. The van der Waals surface area contributed by atoms with Crippen LogP contribution in [0.25, 0.3) is 0 Å². The second-order valence-corrected chi connectivity index (χ2v) is 4.47. The molecule has 0 aliphatic heterocycles. The van der Waals surface area contributed by atoms with Crippen LogP contribution in [0.4, 0.5) is 0 Å². The maximum absolute atomic E-state index is 11.4. The number of ether oxygens (including phenoxy) is 1. The van der Waals surface area contributed by atoms with E-state index >= 15 is 0 Å². The van der Waals surface area contributed by atoms with Gasteiger partial charge in [0.15, 0.2) is 0 Å². The highest BCUT2D eigenvalue weighted by molar-refractivity contribution is 7.81. The lowest BCUT2D eigenvalue weighted by Gasteiger charge is -2.22. The van der Waals surface area contributed by atoms with Crippen LogP contribution in [0.3, 0.4) is 0 Å². The standard InChI is InChI=1S/C10H21NO2S/c1-5-13-6-9(7(2)3)11-10(12)8(4)14/h7-9,14H,5-6H2,1-4H3,(H,11,12). The number of rotatable bonds is 6. The minimum atomic E-state index is -0.266. The first kappa shape index (κ1) is 13.8. The van der Waals surface area contributed by atoms with E-state index in [9.17, 15) is 4.79 Å². The van der Waals surface area contributed by atoms with Gasteiger partial charge in [-0.3, -0.25) is 4.79 Å². The third-order valence-corrected chi connectivity index (χ3v) is 2.25. The molecule has 3 nitrogen and oxygen atoms in total. The highest BCUT2D eigenvalue weighted by atomic mass is 32.1. The minimum Gasteiger partial charge on any atom is -0.380 e. The molecule has 0 fully saturated rings. The second kappa shape index (κ2) is 7.12.